The Morgan fingerprint density at radius 2 is 1.91 bits per heavy atom. The Hall–Kier alpha value is -1.35. The molecule has 3 nitrogen and oxygen atoms in total. The van der Waals surface area contributed by atoms with Crippen LogP contribution in [0.2, 0.25) is 0 Å². The predicted octanol–water partition coefficient (Wildman–Crippen LogP) is 3.25. The summed E-state index contributed by atoms with van der Waals surface area (Å²) in [6.45, 7) is 9.56. The molecule has 2 rings (SSSR count). The fourth-order valence-electron chi connectivity index (χ4n) is 3.15. The summed E-state index contributed by atoms with van der Waals surface area (Å²) in [5, 5.41) is 0. The molecule has 1 aliphatic heterocycles. The van der Waals surface area contributed by atoms with Gasteiger partial charge in [0, 0.05) is 25.0 Å². The Labute approximate surface area is 134 Å². The highest BCUT2D eigenvalue weighted by Crippen LogP contribution is 2.23. The molecule has 3 heteroatoms. The molecule has 1 aromatic rings. The molecular formula is C19H30N2O. The van der Waals surface area contributed by atoms with Crippen LogP contribution in [0.5, 0.6) is 0 Å². The number of hydrogen-bond acceptors (Lipinski definition) is 2. The van der Waals surface area contributed by atoms with Gasteiger partial charge in [-0.1, -0.05) is 45.0 Å². The lowest BCUT2D eigenvalue weighted by Crippen LogP contribution is -2.48. The third-order valence-corrected chi connectivity index (χ3v) is 4.68. The largest absolute Gasteiger partial charge is 0.340 e. The molecule has 1 aliphatic rings. The third-order valence-electron chi connectivity index (χ3n) is 4.68. The number of piperidine rings is 1. The summed E-state index contributed by atoms with van der Waals surface area (Å²) >= 11 is 0. The zero-order chi connectivity index (χ0) is 16.3. The summed E-state index contributed by atoms with van der Waals surface area (Å²) < 4.78 is 0. The molecule has 0 spiro atoms. The SMILES string of the molecule is CC1CC(N)CCN1C(=O)CCc1ccc(C(C)(C)C)cc1. The van der Waals surface area contributed by atoms with Crippen molar-refractivity contribution in [2.75, 3.05) is 6.54 Å². The van der Waals surface area contributed by atoms with Crippen LogP contribution < -0.4 is 5.73 Å². The lowest BCUT2D eigenvalue weighted by atomic mass is 9.86. The van der Waals surface area contributed by atoms with Crippen LogP contribution in [-0.2, 0) is 16.6 Å². The van der Waals surface area contributed by atoms with Crippen molar-refractivity contribution in [1.82, 2.24) is 4.90 Å². The molecule has 1 fully saturated rings. The second-order valence-electron chi connectivity index (χ2n) is 7.67. The number of benzene rings is 1. The number of nitrogens with two attached hydrogens (primary N) is 1. The highest BCUT2D eigenvalue weighted by molar-refractivity contribution is 5.76. The van der Waals surface area contributed by atoms with Crippen LogP contribution in [0, 0.1) is 0 Å². The lowest BCUT2D eigenvalue weighted by molar-refractivity contribution is -0.134. The van der Waals surface area contributed by atoms with Crippen LogP contribution >= 0.6 is 0 Å². The van der Waals surface area contributed by atoms with E-state index in [9.17, 15) is 4.79 Å². The van der Waals surface area contributed by atoms with Gasteiger partial charge in [0.1, 0.15) is 0 Å². The van der Waals surface area contributed by atoms with Gasteiger partial charge in [-0.05, 0) is 42.7 Å². The van der Waals surface area contributed by atoms with Crippen LogP contribution in [0.25, 0.3) is 0 Å². The van der Waals surface area contributed by atoms with Gasteiger partial charge < -0.3 is 10.6 Å². The first-order valence-electron chi connectivity index (χ1n) is 8.42. The number of hydrogen-bond donors (Lipinski definition) is 1. The Bertz CT molecular complexity index is 501. The van der Waals surface area contributed by atoms with Crippen molar-refractivity contribution in [3.63, 3.8) is 0 Å². The van der Waals surface area contributed by atoms with Gasteiger partial charge in [-0.3, -0.25) is 4.79 Å². The van der Waals surface area contributed by atoms with Crippen molar-refractivity contribution in [2.45, 2.75) is 70.9 Å². The number of amides is 1. The molecule has 0 bridgehead atoms. The Morgan fingerprint density at radius 1 is 1.27 bits per heavy atom. The van der Waals surface area contributed by atoms with Gasteiger partial charge >= 0.3 is 0 Å². The second kappa shape index (κ2) is 6.82. The molecule has 0 aromatic heterocycles. The maximum absolute atomic E-state index is 12.4. The quantitative estimate of drug-likeness (QED) is 0.931. The van der Waals surface area contributed by atoms with E-state index in [-0.39, 0.29) is 23.4 Å². The van der Waals surface area contributed by atoms with E-state index >= 15 is 0 Å². The normalized spacial score (nSPS) is 22.7. The zero-order valence-electron chi connectivity index (χ0n) is 14.4. The fourth-order valence-corrected chi connectivity index (χ4v) is 3.15. The number of aryl methyl sites for hydroxylation is 1. The van der Waals surface area contributed by atoms with E-state index in [0.717, 1.165) is 25.8 Å². The molecule has 1 saturated heterocycles. The highest BCUT2D eigenvalue weighted by Gasteiger charge is 2.26. The monoisotopic (exact) mass is 302 g/mol. The molecule has 2 N–H and O–H groups in total. The van der Waals surface area contributed by atoms with Crippen LogP contribution in [0.1, 0.15) is 58.1 Å². The summed E-state index contributed by atoms with van der Waals surface area (Å²) in [4.78, 5) is 14.4. The summed E-state index contributed by atoms with van der Waals surface area (Å²) in [7, 11) is 0. The molecule has 1 aromatic carbocycles. The van der Waals surface area contributed by atoms with E-state index in [1.807, 2.05) is 4.90 Å². The van der Waals surface area contributed by atoms with Gasteiger partial charge in [-0.2, -0.15) is 0 Å². The molecule has 22 heavy (non-hydrogen) atoms. The molecule has 0 radical (unpaired) electrons. The van der Waals surface area contributed by atoms with Crippen LogP contribution in [0.3, 0.4) is 0 Å². The van der Waals surface area contributed by atoms with Crippen molar-refractivity contribution in [2.24, 2.45) is 5.73 Å². The predicted molar refractivity (Wildman–Crippen MR) is 91.8 cm³/mol. The molecule has 122 valence electrons. The van der Waals surface area contributed by atoms with E-state index in [0.29, 0.717) is 6.42 Å². The van der Waals surface area contributed by atoms with Crippen molar-refractivity contribution in [3.05, 3.63) is 35.4 Å². The minimum atomic E-state index is 0.177. The van der Waals surface area contributed by atoms with Gasteiger partial charge in [0.05, 0.1) is 0 Å². The number of rotatable bonds is 3. The lowest BCUT2D eigenvalue weighted by Gasteiger charge is -2.36. The van der Waals surface area contributed by atoms with E-state index in [1.165, 1.54) is 11.1 Å². The number of carbonyl (C=O) groups is 1. The van der Waals surface area contributed by atoms with Crippen molar-refractivity contribution >= 4 is 5.91 Å². The first-order chi connectivity index (χ1) is 10.3. The van der Waals surface area contributed by atoms with Crippen molar-refractivity contribution in [1.29, 1.82) is 0 Å². The standard InChI is InChI=1S/C19H30N2O/c1-14-13-17(20)11-12-21(14)18(22)10-7-15-5-8-16(9-6-15)19(2,3)4/h5-6,8-9,14,17H,7,10-13,20H2,1-4H3. The Morgan fingerprint density at radius 3 is 2.45 bits per heavy atom. The smallest absolute Gasteiger partial charge is 0.223 e. The van der Waals surface area contributed by atoms with Gasteiger partial charge in [0.2, 0.25) is 5.91 Å². The van der Waals surface area contributed by atoms with E-state index < -0.39 is 0 Å². The minimum absolute atomic E-state index is 0.177. The molecular weight excluding hydrogens is 272 g/mol. The Balaban J connectivity index is 1.88. The third kappa shape index (κ3) is 4.33. The summed E-state index contributed by atoms with van der Waals surface area (Å²) in [6.07, 6.45) is 3.26. The van der Waals surface area contributed by atoms with Crippen LogP contribution in [0.4, 0.5) is 0 Å². The zero-order valence-corrected chi connectivity index (χ0v) is 14.4. The molecule has 2 unspecified atom stereocenters. The molecule has 1 amide bonds. The average Bonchev–Trinajstić information content (AvgIpc) is 2.44. The molecule has 0 saturated carbocycles. The maximum Gasteiger partial charge on any atom is 0.223 e. The molecule has 1 heterocycles. The molecule has 0 aliphatic carbocycles. The summed E-state index contributed by atoms with van der Waals surface area (Å²) in [6, 6.07) is 9.21. The number of likely N-dealkylation sites (tertiary alicyclic amines) is 1. The fraction of sp³-hybridized carbons (Fsp3) is 0.632. The topological polar surface area (TPSA) is 46.3 Å². The van der Waals surface area contributed by atoms with Gasteiger partial charge in [-0.25, -0.2) is 0 Å². The minimum Gasteiger partial charge on any atom is -0.340 e. The Kier molecular flexibility index (Phi) is 5.28. The van der Waals surface area contributed by atoms with Crippen molar-refractivity contribution in [3.8, 4) is 0 Å². The number of carbonyl (C=O) groups excluding carboxylic acids is 1. The van der Waals surface area contributed by atoms with E-state index in [1.54, 1.807) is 0 Å². The maximum atomic E-state index is 12.4. The van der Waals surface area contributed by atoms with Crippen LogP contribution in [0.15, 0.2) is 24.3 Å². The first kappa shape index (κ1) is 17.0. The first-order valence-corrected chi connectivity index (χ1v) is 8.42. The van der Waals surface area contributed by atoms with E-state index in [4.69, 9.17) is 5.73 Å². The van der Waals surface area contributed by atoms with Gasteiger partial charge in [-0.15, -0.1) is 0 Å². The number of nitrogens with zero attached hydrogens (tertiary/aromatic N) is 1. The summed E-state index contributed by atoms with van der Waals surface area (Å²) in [5.41, 5.74) is 8.71. The van der Waals surface area contributed by atoms with Gasteiger partial charge in [0.25, 0.3) is 0 Å². The van der Waals surface area contributed by atoms with Gasteiger partial charge in [0.15, 0.2) is 0 Å². The van der Waals surface area contributed by atoms with E-state index in [2.05, 4.69) is 52.0 Å². The van der Waals surface area contributed by atoms with Crippen LogP contribution in [-0.4, -0.2) is 29.4 Å². The summed E-state index contributed by atoms with van der Waals surface area (Å²) in [5.74, 6) is 0.263. The van der Waals surface area contributed by atoms with Crippen molar-refractivity contribution < 1.29 is 4.79 Å². The second-order valence-corrected chi connectivity index (χ2v) is 7.67. The molecule has 2 atom stereocenters. The average molecular weight is 302 g/mol. The highest BCUT2D eigenvalue weighted by atomic mass is 16.2.